The molecule has 1 atom stereocenters. The third kappa shape index (κ3) is 4.94. The van der Waals surface area contributed by atoms with E-state index in [-0.39, 0.29) is 11.8 Å². The van der Waals surface area contributed by atoms with E-state index in [2.05, 4.69) is 22.5 Å². The van der Waals surface area contributed by atoms with Crippen molar-refractivity contribution in [1.29, 1.82) is 0 Å². The average Bonchev–Trinajstić information content (AvgIpc) is 2.76. The molecule has 0 bridgehead atoms. The minimum Gasteiger partial charge on any atom is -0.351 e. The van der Waals surface area contributed by atoms with Crippen molar-refractivity contribution in [1.82, 2.24) is 10.2 Å². The number of thioether (sulfide) groups is 1. The Labute approximate surface area is 181 Å². The average molecular weight is 422 g/mol. The van der Waals surface area contributed by atoms with Gasteiger partial charge in [-0.05, 0) is 56.1 Å². The molecule has 30 heavy (non-hydrogen) atoms. The third-order valence-electron chi connectivity index (χ3n) is 5.66. The van der Waals surface area contributed by atoms with Gasteiger partial charge in [0, 0.05) is 29.6 Å². The first-order valence-electron chi connectivity index (χ1n) is 10.5. The smallest absolute Gasteiger partial charge is 0.262 e. The number of hydrogen-bond donors (Lipinski definition) is 2. The minimum atomic E-state index is -0.145. The highest BCUT2D eigenvalue weighted by molar-refractivity contribution is 8.04. The summed E-state index contributed by atoms with van der Waals surface area (Å²) in [7, 11) is 0. The number of carbonyl (C=O) groups excluding carboxylic acids is 2. The van der Waals surface area contributed by atoms with Crippen LogP contribution in [0.3, 0.4) is 0 Å². The number of nitrogens with zero attached hydrogens (tertiary/aromatic N) is 1. The number of nitrogens with one attached hydrogen (secondary N) is 2. The number of carbonyl (C=O) groups is 2. The maximum Gasteiger partial charge on any atom is 0.262 e. The van der Waals surface area contributed by atoms with E-state index in [9.17, 15) is 9.59 Å². The van der Waals surface area contributed by atoms with Gasteiger partial charge in [0.15, 0.2) is 0 Å². The largest absolute Gasteiger partial charge is 0.351 e. The van der Waals surface area contributed by atoms with Crippen LogP contribution >= 0.6 is 11.8 Å². The lowest BCUT2D eigenvalue weighted by atomic mass is 10.0. The summed E-state index contributed by atoms with van der Waals surface area (Å²) in [4.78, 5) is 29.1. The first-order chi connectivity index (χ1) is 14.6. The van der Waals surface area contributed by atoms with Crippen LogP contribution in [0.1, 0.15) is 42.1 Å². The van der Waals surface area contributed by atoms with Gasteiger partial charge in [-0.1, -0.05) is 48.5 Å². The van der Waals surface area contributed by atoms with Crippen molar-refractivity contribution < 1.29 is 9.59 Å². The van der Waals surface area contributed by atoms with Gasteiger partial charge in [0.05, 0.1) is 10.6 Å². The Bertz CT molecular complexity index is 958. The summed E-state index contributed by atoms with van der Waals surface area (Å²) in [5, 5.41) is 5.94. The normalized spacial score (nSPS) is 20.5. The highest BCUT2D eigenvalue weighted by Crippen LogP contribution is 2.39. The van der Waals surface area contributed by atoms with Crippen molar-refractivity contribution in [3.05, 3.63) is 64.6 Å². The molecule has 2 aromatic carbocycles. The van der Waals surface area contributed by atoms with E-state index in [1.165, 1.54) is 31.0 Å². The number of hydrogen-bond acceptors (Lipinski definition) is 4. The van der Waals surface area contributed by atoms with Gasteiger partial charge in [0.2, 0.25) is 0 Å². The van der Waals surface area contributed by atoms with Gasteiger partial charge < -0.3 is 10.6 Å². The Morgan fingerprint density at radius 3 is 2.87 bits per heavy atom. The second kappa shape index (κ2) is 9.49. The molecule has 0 saturated carbocycles. The number of likely N-dealkylation sites (tertiary alicyclic amines) is 1. The number of amides is 2. The van der Waals surface area contributed by atoms with Crippen LogP contribution in [-0.4, -0.2) is 42.4 Å². The topological polar surface area (TPSA) is 61.4 Å². The lowest BCUT2D eigenvalue weighted by Gasteiger charge is -2.33. The first-order valence-corrected chi connectivity index (χ1v) is 11.3. The van der Waals surface area contributed by atoms with E-state index < -0.39 is 0 Å². The number of anilines is 1. The second-order valence-electron chi connectivity index (χ2n) is 7.82. The Kier molecular flexibility index (Phi) is 6.55. The molecule has 0 unspecified atom stereocenters. The summed E-state index contributed by atoms with van der Waals surface area (Å²) >= 11 is 1.43. The van der Waals surface area contributed by atoms with Crippen LogP contribution in [0.2, 0.25) is 0 Å². The van der Waals surface area contributed by atoms with Gasteiger partial charge in [0.1, 0.15) is 0 Å². The molecule has 0 spiro atoms. The zero-order valence-corrected chi connectivity index (χ0v) is 18.0. The van der Waals surface area contributed by atoms with Crippen LogP contribution in [-0.2, 0) is 4.79 Å². The number of rotatable bonds is 5. The number of piperidine rings is 1. The monoisotopic (exact) mass is 421 g/mol. The van der Waals surface area contributed by atoms with Gasteiger partial charge in [-0.3, -0.25) is 14.5 Å². The summed E-state index contributed by atoms with van der Waals surface area (Å²) < 4.78 is 0. The van der Waals surface area contributed by atoms with Crippen LogP contribution in [0.25, 0.3) is 6.08 Å². The van der Waals surface area contributed by atoms with Crippen LogP contribution in [0.5, 0.6) is 0 Å². The SMILES string of the molecule is C[C@@H]1CCCCN1CCNC(=O)c1ccc2c(c1)NC(=O)/C(=C/c1ccccc1)S2. The number of benzene rings is 2. The van der Waals surface area contributed by atoms with Crippen molar-refractivity contribution in [3.8, 4) is 0 Å². The van der Waals surface area contributed by atoms with Crippen molar-refractivity contribution in [2.45, 2.75) is 37.1 Å². The highest BCUT2D eigenvalue weighted by atomic mass is 32.2. The van der Waals surface area contributed by atoms with Crippen LogP contribution in [0.15, 0.2) is 58.3 Å². The minimum absolute atomic E-state index is 0.104. The number of fused-ring (bicyclic) bond motifs is 1. The zero-order chi connectivity index (χ0) is 20.9. The predicted molar refractivity (Wildman–Crippen MR) is 123 cm³/mol. The Hall–Kier alpha value is -2.57. The van der Waals surface area contributed by atoms with E-state index in [1.54, 1.807) is 6.07 Å². The molecule has 2 amide bonds. The molecule has 2 aliphatic rings. The van der Waals surface area contributed by atoms with Gasteiger partial charge in [0.25, 0.3) is 11.8 Å². The van der Waals surface area contributed by atoms with Crippen molar-refractivity contribution in [3.63, 3.8) is 0 Å². The predicted octanol–water partition coefficient (Wildman–Crippen LogP) is 4.38. The lowest BCUT2D eigenvalue weighted by Crippen LogP contribution is -2.42. The van der Waals surface area contributed by atoms with Crippen molar-refractivity contribution in [2.75, 3.05) is 25.0 Å². The molecule has 6 heteroatoms. The Morgan fingerprint density at radius 2 is 2.07 bits per heavy atom. The summed E-state index contributed by atoms with van der Waals surface area (Å²) in [6.45, 7) is 4.87. The van der Waals surface area contributed by atoms with Crippen LogP contribution < -0.4 is 10.6 Å². The van der Waals surface area contributed by atoms with E-state index in [4.69, 9.17) is 0 Å². The van der Waals surface area contributed by atoms with Gasteiger partial charge in [-0.2, -0.15) is 0 Å². The third-order valence-corrected chi connectivity index (χ3v) is 6.76. The summed E-state index contributed by atoms with van der Waals surface area (Å²) in [5.74, 6) is -0.250. The zero-order valence-electron chi connectivity index (χ0n) is 17.2. The molecule has 2 aromatic rings. The molecule has 0 aromatic heterocycles. The molecule has 0 aliphatic carbocycles. The van der Waals surface area contributed by atoms with E-state index in [0.717, 1.165) is 23.5 Å². The molecule has 2 heterocycles. The van der Waals surface area contributed by atoms with Crippen LogP contribution in [0.4, 0.5) is 5.69 Å². The lowest BCUT2D eigenvalue weighted by molar-refractivity contribution is -0.112. The Morgan fingerprint density at radius 1 is 1.23 bits per heavy atom. The van der Waals surface area contributed by atoms with E-state index >= 15 is 0 Å². The summed E-state index contributed by atoms with van der Waals surface area (Å²) in [6.07, 6.45) is 5.65. The summed E-state index contributed by atoms with van der Waals surface area (Å²) in [6, 6.07) is 15.9. The van der Waals surface area contributed by atoms with Crippen molar-refractivity contribution in [2.24, 2.45) is 0 Å². The molecule has 2 N–H and O–H groups in total. The molecule has 1 fully saturated rings. The van der Waals surface area contributed by atoms with Gasteiger partial charge >= 0.3 is 0 Å². The first kappa shape index (κ1) is 20.7. The molecule has 5 nitrogen and oxygen atoms in total. The fourth-order valence-electron chi connectivity index (χ4n) is 3.91. The quantitative estimate of drug-likeness (QED) is 0.704. The second-order valence-corrected chi connectivity index (χ2v) is 8.91. The van der Waals surface area contributed by atoms with Crippen LogP contribution in [0, 0.1) is 0 Å². The maximum absolute atomic E-state index is 12.6. The van der Waals surface area contributed by atoms with Gasteiger partial charge in [-0.15, -0.1) is 0 Å². The van der Waals surface area contributed by atoms with Gasteiger partial charge in [-0.25, -0.2) is 0 Å². The van der Waals surface area contributed by atoms with E-state index in [0.29, 0.717) is 28.7 Å². The van der Waals surface area contributed by atoms with Crippen molar-refractivity contribution >= 4 is 35.3 Å². The molecule has 156 valence electrons. The molecular weight excluding hydrogens is 394 g/mol. The fourth-order valence-corrected chi connectivity index (χ4v) is 4.84. The molecule has 1 saturated heterocycles. The molecule has 0 radical (unpaired) electrons. The maximum atomic E-state index is 12.6. The highest BCUT2D eigenvalue weighted by Gasteiger charge is 2.22. The standard InChI is InChI=1S/C24H27N3O2S/c1-17-7-5-6-13-27(17)14-12-25-23(28)19-10-11-21-20(16-19)26-24(29)22(30-21)15-18-8-3-2-4-9-18/h2-4,8-11,15-17H,5-7,12-14H2,1H3,(H,25,28)(H,26,29)/b22-15-/t17-/m1/s1. The Balaban J connectivity index is 1.38. The summed E-state index contributed by atoms with van der Waals surface area (Å²) in [5.41, 5.74) is 2.24. The fraction of sp³-hybridized carbons (Fsp3) is 0.333. The molecule has 4 rings (SSSR count). The van der Waals surface area contributed by atoms with E-state index in [1.807, 2.05) is 48.5 Å². The molecular formula is C24H27N3O2S. The molecule has 2 aliphatic heterocycles.